The van der Waals surface area contributed by atoms with E-state index in [-0.39, 0.29) is 24.5 Å². The van der Waals surface area contributed by atoms with Crippen LogP contribution in [0.25, 0.3) is 0 Å². The number of benzene rings is 2. The van der Waals surface area contributed by atoms with E-state index in [0.29, 0.717) is 0 Å². The highest BCUT2D eigenvalue weighted by Gasteiger charge is 2.27. The maximum absolute atomic E-state index is 12.2. The van der Waals surface area contributed by atoms with Gasteiger partial charge in [0, 0.05) is 0 Å². The molecule has 0 spiro atoms. The molecule has 1 aliphatic rings. The van der Waals surface area contributed by atoms with E-state index in [1.807, 2.05) is 48.5 Å². The molecule has 0 fully saturated rings. The lowest BCUT2D eigenvalue weighted by molar-refractivity contribution is 0.418. The summed E-state index contributed by atoms with van der Waals surface area (Å²) in [6.07, 6.45) is 11.4. The summed E-state index contributed by atoms with van der Waals surface area (Å²) in [4.78, 5) is 0. The molecular weight excluding hydrogens is 440 g/mol. The monoisotopic (exact) mass is 474 g/mol. The van der Waals surface area contributed by atoms with Crippen molar-refractivity contribution < 1.29 is 8.42 Å². The van der Waals surface area contributed by atoms with Gasteiger partial charge in [-0.25, -0.2) is 13.1 Å². The Kier molecular flexibility index (Phi) is 10.7. The fourth-order valence-corrected chi connectivity index (χ4v) is 4.76. The molecule has 2 N–H and O–H groups in total. The first-order valence-electron chi connectivity index (χ1n) is 11.1. The Morgan fingerprint density at radius 2 is 1.44 bits per heavy atom. The zero-order valence-corrected chi connectivity index (χ0v) is 20.6. The average Bonchev–Trinajstić information content (AvgIpc) is 2.77. The number of nitrogens with one attached hydrogen (secondary N) is 2. The summed E-state index contributed by atoms with van der Waals surface area (Å²) < 4.78 is 27.2. The second kappa shape index (κ2) is 12.9. The number of unbranched alkanes of at least 4 members (excludes halogenated alkanes) is 1. The van der Waals surface area contributed by atoms with Crippen LogP contribution in [0, 0.1) is 0 Å². The molecule has 4 nitrogen and oxygen atoms in total. The van der Waals surface area contributed by atoms with E-state index in [0.717, 1.165) is 49.8 Å². The van der Waals surface area contributed by atoms with Crippen LogP contribution in [0.4, 0.5) is 0 Å². The van der Waals surface area contributed by atoms with Crippen LogP contribution in [0.5, 0.6) is 0 Å². The molecule has 32 heavy (non-hydrogen) atoms. The summed E-state index contributed by atoms with van der Waals surface area (Å²) in [5.74, 6) is 0. The lowest BCUT2D eigenvalue weighted by Crippen LogP contribution is -2.38. The number of rotatable bonds is 11. The molecule has 6 heteroatoms. The molecule has 1 aliphatic carbocycles. The summed E-state index contributed by atoms with van der Waals surface area (Å²) in [7, 11) is -3.38. The average molecular weight is 475 g/mol. The summed E-state index contributed by atoms with van der Waals surface area (Å²) in [5, 5.41) is 3.64. The normalized spacial score (nSPS) is 15.8. The van der Waals surface area contributed by atoms with Crippen LogP contribution in [-0.2, 0) is 10.0 Å². The predicted molar refractivity (Wildman–Crippen MR) is 137 cm³/mol. The molecule has 2 atom stereocenters. The second-order valence-electron chi connectivity index (χ2n) is 8.40. The summed E-state index contributed by atoms with van der Waals surface area (Å²) in [6, 6.07) is 19.3. The number of allylic oxidation sites excluding steroid dienone is 4. The molecule has 0 bridgehead atoms. The summed E-state index contributed by atoms with van der Waals surface area (Å²) >= 11 is 0. The van der Waals surface area contributed by atoms with E-state index in [1.54, 1.807) is 0 Å². The third-order valence-electron chi connectivity index (χ3n) is 5.71. The van der Waals surface area contributed by atoms with Gasteiger partial charge in [0.15, 0.2) is 0 Å². The molecular formula is C26H35ClN2O2S. The lowest BCUT2D eigenvalue weighted by Gasteiger charge is -2.29. The molecule has 2 aromatic carbocycles. The Balaban J connectivity index is 0.00000363. The maximum Gasteiger partial charge on any atom is 0.209 e. The number of sulfonamides is 1. The van der Waals surface area contributed by atoms with Gasteiger partial charge in [-0.15, -0.1) is 12.4 Å². The van der Waals surface area contributed by atoms with Crippen molar-refractivity contribution in [2.24, 2.45) is 0 Å². The van der Waals surface area contributed by atoms with Gasteiger partial charge >= 0.3 is 0 Å². The van der Waals surface area contributed by atoms with Crippen molar-refractivity contribution in [3.05, 3.63) is 95.1 Å². The highest BCUT2D eigenvalue weighted by Crippen LogP contribution is 2.30. The van der Waals surface area contributed by atoms with Gasteiger partial charge in [-0.05, 0) is 56.7 Å². The smallest absolute Gasteiger partial charge is 0.209 e. The molecule has 0 heterocycles. The molecule has 2 aromatic rings. The van der Waals surface area contributed by atoms with Crippen molar-refractivity contribution >= 4 is 22.4 Å². The minimum Gasteiger partial charge on any atom is -0.308 e. The summed E-state index contributed by atoms with van der Waals surface area (Å²) in [6.45, 7) is 3.02. The Hall–Kier alpha value is -1.92. The quantitative estimate of drug-likeness (QED) is 0.316. The van der Waals surface area contributed by atoms with Crippen LogP contribution < -0.4 is 10.0 Å². The Bertz CT molecular complexity index is 989. The van der Waals surface area contributed by atoms with Crippen LogP contribution >= 0.6 is 12.4 Å². The zero-order valence-electron chi connectivity index (χ0n) is 19.0. The van der Waals surface area contributed by atoms with Gasteiger partial charge in [0.1, 0.15) is 0 Å². The van der Waals surface area contributed by atoms with Crippen LogP contribution in [0.2, 0.25) is 0 Å². The van der Waals surface area contributed by atoms with Crippen LogP contribution in [0.1, 0.15) is 62.2 Å². The van der Waals surface area contributed by atoms with E-state index in [4.69, 9.17) is 0 Å². The SMILES string of the molecule is CC1=CCC(CCCCN[C@@H](c2ccccc2)[C@@H](NS(C)(=O)=O)c2ccccc2)=CC1.Cl. The van der Waals surface area contributed by atoms with Gasteiger partial charge in [0.25, 0.3) is 0 Å². The standard InChI is InChI=1S/C26H34N2O2S.ClH/c1-21-16-18-22(19-17-21)11-9-10-20-27-25(23-12-5-3-6-13-23)26(28-31(2,29)30)24-14-7-4-8-15-24;/h3-8,12-16,19,25-28H,9-11,17-18,20H2,1-2H3;1H/t25-,26-;/m0./s1. The topological polar surface area (TPSA) is 58.2 Å². The van der Waals surface area contributed by atoms with Crippen LogP contribution in [0.3, 0.4) is 0 Å². The molecule has 0 radical (unpaired) electrons. The maximum atomic E-state index is 12.2. The van der Waals surface area contributed by atoms with E-state index in [9.17, 15) is 8.42 Å². The first-order valence-corrected chi connectivity index (χ1v) is 13.0. The molecule has 0 aromatic heterocycles. The molecule has 0 saturated heterocycles. The first-order chi connectivity index (χ1) is 14.9. The van der Waals surface area contributed by atoms with Crippen molar-refractivity contribution in [3.63, 3.8) is 0 Å². The molecule has 0 unspecified atom stereocenters. The fraction of sp³-hybridized carbons (Fsp3) is 0.385. The zero-order chi connectivity index (χ0) is 22.1. The molecule has 3 rings (SSSR count). The third-order valence-corrected chi connectivity index (χ3v) is 6.39. The highest BCUT2D eigenvalue weighted by atomic mass is 35.5. The minimum atomic E-state index is -3.38. The molecule has 0 saturated carbocycles. The second-order valence-corrected chi connectivity index (χ2v) is 10.2. The van der Waals surface area contributed by atoms with Gasteiger partial charge < -0.3 is 5.32 Å². The Morgan fingerprint density at radius 3 is 1.97 bits per heavy atom. The van der Waals surface area contributed by atoms with Crippen molar-refractivity contribution in [3.8, 4) is 0 Å². The molecule has 0 aliphatic heterocycles. The van der Waals surface area contributed by atoms with E-state index < -0.39 is 10.0 Å². The fourth-order valence-electron chi connectivity index (χ4n) is 4.02. The number of halogens is 1. The van der Waals surface area contributed by atoms with Crippen molar-refractivity contribution in [1.29, 1.82) is 0 Å². The van der Waals surface area contributed by atoms with E-state index >= 15 is 0 Å². The van der Waals surface area contributed by atoms with Crippen molar-refractivity contribution in [1.82, 2.24) is 10.0 Å². The third kappa shape index (κ3) is 8.55. The molecule has 174 valence electrons. The van der Waals surface area contributed by atoms with Crippen molar-refractivity contribution in [2.45, 2.75) is 51.1 Å². The van der Waals surface area contributed by atoms with Crippen LogP contribution in [-0.4, -0.2) is 21.2 Å². The first kappa shape index (κ1) is 26.3. The lowest BCUT2D eigenvalue weighted by atomic mass is 9.93. The largest absolute Gasteiger partial charge is 0.308 e. The van der Waals surface area contributed by atoms with Gasteiger partial charge in [-0.2, -0.15) is 0 Å². The number of hydrogen-bond donors (Lipinski definition) is 2. The van der Waals surface area contributed by atoms with Gasteiger partial charge in [-0.3, -0.25) is 0 Å². The molecule has 0 amide bonds. The van der Waals surface area contributed by atoms with Gasteiger partial charge in [-0.1, -0.05) is 84.0 Å². The minimum absolute atomic E-state index is 0. The predicted octanol–water partition coefficient (Wildman–Crippen LogP) is 5.87. The van der Waals surface area contributed by atoms with Crippen molar-refractivity contribution in [2.75, 3.05) is 12.8 Å². The van der Waals surface area contributed by atoms with E-state index in [2.05, 4.69) is 41.2 Å². The highest BCUT2D eigenvalue weighted by molar-refractivity contribution is 7.88. The Labute approximate surface area is 199 Å². The van der Waals surface area contributed by atoms with E-state index in [1.165, 1.54) is 17.4 Å². The van der Waals surface area contributed by atoms with Crippen LogP contribution in [0.15, 0.2) is 84.0 Å². The van der Waals surface area contributed by atoms with Gasteiger partial charge in [0.05, 0.1) is 18.3 Å². The Morgan fingerprint density at radius 1 is 0.844 bits per heavy atom. The number of hydrogen-bond acceptors (Lipinski definition) is 3. The summed E-state index contributed by atoms with van der Waals surface area (Å²) in [5.41, 5.74) is 5.01. The van der Waals surface area contributed by atoms with Gasteiger partial charge in [0.2, 0.25) is 10.0 Å².